The first kappa shape index (κ1) is 16.4. The molecule has 0 saturated heterocycles. The van der Waals surface area contributed by atoms with Crippen molar-refractivity contribution in [1.82, 2.24) is 14.0 Å². The van der Waals surface area contributed by atoms with Crippen molar-refractivity contribution in [3.8, 4) is 0 Å². The fraction of sp³-hybridized carbons (Fsp3) is 0.500. The van der Waals surface area contributed by atoms with Gasteiger partial charge in [0, 0.05) is 27.9 Å². The summed E-state index contributed by atoms with van der Waals surface area (Å²) in [6, 6.07) is 0. The first-order valence-electron chi connectivity index (χ1n) is 5.86. The molecule has 0 radical (unpaired) electrons. The molecule has 110 valence electrons. The Balaban J connectivity index is 3.92. The first-order valence-corrected chi connectivity index (χ1v) is 6.78. The second-order valence-electron chi connectivity index (χ2n) is 4.54. The fourth-order valence-electron chi connectivity index (χ4n) is 1.90. The number of carbonyl (C=O) groups excluding carboxylic acids is 3. The van der Waals surface area contributed by atoms with Gasteiger partial charge in [-0.3, -0.25) is 14.4 Å². The molecule has 0 saturated carbocycles. The quantitative estimate of drug-likeness (QED) is 0.752. The Kier molecular flexibility index (Phi) is 4.69. The van der Waals surface area contributed by atoms with Gasteiger partial charge < -0.3 is 4.90 Å². The van der Waals surface area contributed by atoms with Gasteiger partial charge in [0.05, 0.1) is 10.5 Å². The maximum Gasteiger partial charge on any atom is 0.342 e. The molecule has 1 heterocycles. The van der Waals surface area contributed by atoms with E-state index in [2.05, 4.69) is 15.9 Å². The highest BCUT2D eigenvalue weighted by Gasteiger charge is 2.31. The molecule has 0 aromatic carbocycles. The maximum absolute atomic E-state index is 12.3. The lowest BCUT2D eigenvalue weighted by Crippen LogP contribution is -2.33. The van der Waals surface area contributed by atoms with Gasteiger partial charge >= 0.3 is 5.69 Å². The van der Waals surface area contributed by atoms with Crippen LogP contribution in [0.3, 0.4) is 0 Å². The van der Waals surface area contributed by atoms with E-state index in [4.69, 9.17) is 0 Å². The van der Waals surface area contributed by atoms with Crippen LogP contribution in [0.1, 0.15) is 51.4 Å². The van der Waals surface area contributed by atoms with Crippen molar-refractivity contribution in [1.29, 1.82) is 0 Å². The van der Waals surface area contributed by atoms with Gasteiger partial charge in [0.2, 0.25) is 11.8 Å². The third-order valence-electron chi connectivity index (χ3n) is 2.71. The van der Waals surface area contributed by atoms with Crippen molar-refractivity contribution in [2.75, 3.05) is 14.1 Å². The SMILES string of the molecule is CC(=O)n1c(C(=O)N(C)C)c(C(C)Br)n(C(C)=O)c1=O. The normalized spacial score (nSPS) is 12.1. The molecular formula is C12H16BrN3O4. The number of rotatable bonds is 2. The molecule has 0 fully saturated rings. The van der Waals surface area contributed by atoms with Crippen molar-refractivity contribution in [2.24, 2.45) is 0 Å². The second kappa shape index (κ2) is 5.74. The van der Waals surface area contributed by atoms with E-state index in [1.807, 2.05) is 0 Å². The Morgan fingerprint density at radius 1 is 1.10 bits per heavy atom. The molecule has 1 aromatic rings. The highest BCUT2D eigenvalue weighted by molar-refractivity contribution is 9.09. The van der Waals surface area contributed by atoms with Crippen LogP contribution in [0.15, 0.2) is 4.79 Å². The van der Waals surface area contributed by atoms with Gasteiger partial charge in [-0.05, 0) is 6.92 Å². The monoisotopic (exact) mass is 345 g/mol. The Bertz CT molecular complexity index is 640. The van der Waals surface area contributed by atoms with Crippen molar-refractivity contribution in [3.63, 3.8) is 0 Å². The van der Waals surface area contributed by atoms with E-state index >= 15 is 0 Å². The molecule has 0 aliphatic rings. The summed E-state index contributed by atoms with van der Waals surface area (Å²) < 4.78 is 1.58. The maximum atomic E-state index is 12.3. The summed E-state index contributed by atoms with van der Waals surface area (Å²) in [4.78, 5) is 48.6. The van der Waals surface area contributed by atoms with E-state index in [-0.39, 0.29) is 11.4 Å². The fourth-order valence-corrected chi connectivity index (χ4v) is 2.32. The lowest BCUT2D eigenvalue weighted by Gasteiger charge is -2.14. The number of imidazole rings is 1. The van der Waals surface area contributed by atoms with E-state index in [1.165, 1.54) is 32.8 Å². The Morgan fingerprint density at radius 3 is 1.85 bits per heavy atom. The van der Waals surface area contributed by atoms with Crippen LogP contribution in [0.25, 0.3) is 0 Å². The zero-order chi connectivity index (χ0) is 15.8. The van der Waals surface area contributed by atoms with Crippen LogP contribution < -0.4 is 5.69 Å². The molecular weight excluding hydrogens is 330 g/mol. The average molecular weight is 346 g/mol. The second-order valence-corrected chi connectivity index (χ2v) is 5.91. The summed E-state index contributed by atoms with van der Waals surface area (Å²) in [5, 5.41) is 0. The van der Waals surface area contributed by atoms with Gasteiger partial charge in [0.25, 0.3) is 5.91 Å². The van der Waals surface area contributed by atoms with Gasteiger partial charge in [-0.15, -0.1) is 0 Å². The van der Waals surface area contributed by atoms with Crippen LogP contribution in [0.5, 0.6) is 0 Å². The standard InChI is InChI=1S/C12H16BrN3O4/c1-6(13)9-10(11(19)14(4)5)16(8(3)18)12(20)15(9)7(2)17/h6H,1-5H3. The predicted molar refractivity (Wildman–Crippen MR) is 76.7 cm³/mol. The van der Waals surface area contributed by atoms with Crippen LogP contribution >= 0.6 is 15.9 Å². The predicted octanol–water partition coefficient (Wildman–Crippen LogP) is 1.13. The summed E-state index contributed by atoms with van der Waals surface area (Å²) in [5.41, 5.74) is -0.736. The molecule has 20 heavy (non-hydrogen) atoms. The van der Waals surface area contributed by atoms with Crippen LogP contribution in [-0.4, -0.2) is 45.9 Å². The molecule has 0 spiro atoms. The van der Waals surface area contributed by atoms with Crippen LogP contribution in [0.2, 0.25) is 0 Å². The number of aromatic nitrogens is 2. The average Bonchev–Trinajstić information content (AvgIpc) is 2.61. The van der Waals surface area contributed by atoms with Crippen LogP contribution in [0, 0.1) is 0 Å². The lowest BCUT2D eigenvalue weighted by molar-refractivity contribution is 0.0795. The van der Waals surface area contributed by atoms with Gasteiger partial charge in [0.15, 0.2) is 0 Å². The minimum atomic E-state index is -0.823. The third kappa shape index (κ3) is 2.60. The smallest absolute Gasteiger partial charge is 0.342 e. The van der Waals surface area contributed by atoms with Gasteiger partial charge in [-0.25, -0.2) is 13.9 Å². The zero-order valence-electron chi connectivity index (χ0n) is 11.9. The first-order chi connectivity index (χ1) is 9.11. The summed E-state index contributed by atoms with van der Waals surface area (Å²) in [5.74, 6) is -1.68. The van der Waals surface area contributed by atoms with Crippen molar-refractivity contribution in [2.45, 2.75) is 25.6 Å². The summed E-state index contributed by atoms with van der Waals surface area (Å²) in [7, 11) is 3.01. The molecule has 1 aromatic heterocycles. The Hall–Kier alpha value is -1.70. The van der Waals surface area contributed by atoms with Crippen molar-refractivity contribution in [3.05, 3.63) is 21.9 Å². The van der Waals surface area contributed by atoms with Gasteiger partial charge in [0.1, 0.15) is 5.69 Å². The number of halogens is 1. The highest BCUT2D eigenvalue weighted by atomic mass is 79.9. The number of amides is 1. The number of alkyl halides is 1. The zero-order valence-corrected chi connectivity index (χ0v) is 13.5. The van der Waals surface area contributed by atoms with E-state index in [1.54, 1.807) is 6.92 Å². The molecule has 1 unspecified atom stereocenters. The van der Waals surface area contributed by atoms with E-state index < -0.39 is 28.2 Å². The Labute approximate surface area is 124 Å². The summed E-state index contributed by atoms with van der Waals surface area (Å²) >= 11 is 3.26. The molecule has 0 aliphatic heterocycles. The van der Waals surface area contributed by atoms with E-state index in [9.17, 15) is 19.2 Å². The summed E-state index contributed by atoms with van der Waals surface area (Å²) in [6.45, 7) is 4.04. The van der Waals surface area contributed by atoms with Crippen LogP contribution in [-0.2, 0) is 0 Å². The number of nitrogens with zero attached hydrogens (tertiary/aromatic N) is 3. The molecule has 0 N–H and O–H groups in total. The summed E-state index contributed by atoms with van der Waals surface area (Å²) in [6.07, 6.45) is 0. The molecule has 0 bridgehead atoms. The molecule has 1 amide bonds. The number of hydrogen-bond donors (Lipinski definition) is 0. The topological polar surface area (TPSA) is 81.4 Å². The van der Waals surface area contributed by atoms with Gasteiger partial charge in [-0.2, -0.15) is 0 Å². The molecule has 1 rings (SSSR count). The highest BCUT2D eigenvalue weighted by Crippen LogP contribution is 2.25. The molecule has 0 aliphatic carbocycles. The van der Waals surface area contributed by atoms with E-state index in [0.29, 0.717) is 0 Å². The molecule has 7 nitrogen and oxygen atoms in total. The molecule has 1 atom stereocenters. The lowest BCUT2D eigenvalue weighted by atomic mass is 10.2. The Morgan fingerprint density at radius 2 is 1.55 bits per heavy atom. The minimum absolute atomic E-state index is 0.0907. The largest absolute Gasteiger partial charge is 0.343 e. The van der Waals surface area contributed by atoms with E-state index in [0.717, 1.165) is 9.13 Å². The van der Waals surface area contributed by atoms with Crippen LogP contribution in [0.4, 0.5) is 0 Å². The minimum Gasteiger partial charge on any atom is -0.343 e. The number of hydrogen-bond acceptors (Lipinski definition) is 4. The van der Waals surface area contributed by atoms with Gasteiger partial charge in [-0.1, -0.05) is 15.9 Å². The van der Waals surface area contributed by atoms with Crippen molar-refractivity contribution < 1.29 is 14.4 Å². The van der Waals surface area contributed by atoms with Crippen molar-refractivity contribution >= 4 is 33.7 Å². The third-order valence-corrected chi connectivity index (χ3v) is 3.14. The molecule has 8 heteroatoms. The number of carbonyl (C=O) groups is 3.